The van der Waals surface area contributed by atoms with Crippen LogP contribution in [-0.4, -0.2) is 45.1 Å². The molecule has 0 saturated heterocycles. The smallest absolute Gasteiger partial charge is 0.165 e. The van der Waals surface area contributed by atoms with Crippen molar-refractivity contribution in [2.45, 2.75) is 72.0 Å². The Balaban J connectivity index is 1.53. The summed E-state index contributed by atoms with van der Waals surface area (Å²) in [7, 11) is 0. The number of aromatic nitrogens is 8. The standard InChI is InChI=1S/C23H29N9/c1-6-31-22(16-9-24-15(5)25-10-16)30-19-21(26-11-27-23(19)31)29-17-7-8-18-20(14(17)4)32(12-28-18)13(2)3/h9-14,17H,6-8H2,1-5H3,(H,26,27,29)/t14-,17-/m0/s1. The van der Waals surface area contributed by atoms with Crippen LogP contribution in [0.25, 0.3) is 22.6 Å². The van der Waals surface area contributed by atoms with Crippen LogP contribution in [-0.2, 0) is 13.0 Å². The van der Waals surface area contributed by atoms with Crippen molar-refractivity contribution in [3.05, 3.63) is 42.3 Å². The Morgan fingerprint density at radius 1 is 1.12 bits per heavy atom. The molecule has 1 aliphatic rings. The maximum absolute atomic E-state index is 4.93. The summed E-state index contributed by atoms with van der Waals surface area (Å²) in [5.41, 5.74) is 5.01. The molecule has 0 aromatic carbocycles. The molecule has 4 aromatic heterocycles. The molecule has 0 amide bonds. The summed E-state index contributed by atoms with van der Waals surface area (Å²) in [6, 6.07) is 0.630. The molecule has 0 aliphatic heterocycles. The van der Waals surface area contributed by atoms with Crippen LogP contribution >= 0.6 is 0 Å². The van der Waals surface area contributed by atoms with Gasteiger partial charge in [0, 0.05) is 42.6 Å². The van der Waals surface area contributed by atoms with E-state index in [1.165, 1.54) is 11.4 Å². The lowest BCUT2D eigenvalue weighted by molar-refractivity contribution is 0.469. The van der Waals surface area contributed by atoms with Gasteiger partial charge >= 0.3 is 0 Å². The summed E-state index contributed by atoms with van der Waals surface area (Å²) in [4.78, 5) is 27.4. The van der Waals surface area contributed by atoms with Gasteiger partial charge in [-0.15, -0.1) is 0 Å². The third-order valence-electron chi connectivity index (χ3n) is 6.40. The number of hydrogen-bond acceptors (Lipinski definition) is 7. The van der Waals surface area contributed by atoms with Gasteiger partial charge in [0.25, 0.3) is 0 Å². The second-order valence-corrected chi connectivity index (χ2v) is 8.75. The van der Waals surface area contributed by atoms with Gasteiger partial charge in [-0.25, -0.2) is 29.9 Å². The molecule has 0 fully saturated rings. The summed E-state index contributed by atoms with van der Waals surface area (Å²) >= 11 is 0. The number of aryl methyl sites for hydroxylation is 3. The predicted molar refractivity (Wildman–Crippen MR) is 124 cm³/mol. The first-order valence-corrected chi connectivity index (χ1v) is 11.3. The average Bonchev–Trinajstić information content (AvgIpc) is 3.39. The van der Waals surface area contributed by atoms with Gasteiger partial charge in [0.05, 0.1) is 17.6 Å². The first-order valence-electron chi connectivity index (χ1n) is 11.3. The number of nitrogens with one attached hydrogen (secondary N) is 1. The molecule has 9 heteroatoms. The first-order chi connectivity index (χ1) is 15.5. The molecule has 9 nitrogen and oxygen atoms in total. The predicted octanol–water partition coefficient (Wildman–Crippen LogP) is 3.92. The van der Waals surface area contributed by atoms with E-state index in [2.05, 4.69) is 67.1 Å². The number of rotatable bonds is 5. The van der Waals surface area contributed by atoms with Gasteiger partial charge in [0.2, 0.25) is 0 Å². The van der Waals surface area contributed by atoms with Gasteiger partial charge in [-0.05, 0) is 40.5 Å². The highest BCUT2D eigenvalue weighted by Gasteiger charge is 2.31. The molecule has 166 valence electrons. The van der Waals surface area contributed by atoms with Gasteiger partial charge in [-0.1, -0.05) is 6.92 Å². The third kappa shape index (κ3) is 3.32. The van der Waals surface area contributed by atoms with Crippen molar-refractivity contribution in [2.24, 2.45) is 0 Å². The largest absolute Gasteiger partial charge is 0.365 e. The van der Waals surface area contributed by atoms with E-state index >= 15 is 0 Å². The van der Waals surface area contributed by atoms with E-state index in [0.29, 0.717) is 12.0 Å². The van der Waals surface area contributed by atoms with Gasteiger partial charge in [-0.2, -0.15) is 0 Å². The van der Waals surface area contributed by atoms with Gasteiger partial charge in [-0.3, -0.25) is 0 Å². The average molecular weight is 432 g/mol. The number of fused-ring (bicyclic) bond motifs is 2. The first kappa shape index (κ1) is 20.5. The Hall–Kier alpha value is -3.36. The molecule has 1 N–H and O–H groups in total. The summed E-state index contributed by atoms with van der Waals surface area (Å²) in [5.74, 6) is 2.63. The maximum atomic E-state index is 4.93. The minimum atomic E-state index is 0.243. The van der Waals surface area contributed by atoms with Crippen molar-refractivity contribution < 1.29 is 0 Å². The van der Waals surface area contributed by atoms with Crippen LogP contribution < -0.4 is 5.32 Å². The quantitative estimate of drug-likeness (QED) is 0.511. The highest BCUT2D eigenvalue weighted by Crippen LogP contribution is 2.35. The zero-order valence-electron chi connectivity index (χ0n) is 19.2. The Kier molecular flexibility index (Phi) is 5.11. The zero-order chi connectivity index (χ0) is 22.4. The van der Waals surface area contributed by atoms with E-state index in [-0.39, 0.29) is 6.04 Å². The highest BCUT2D eigenvalue weighted by molar-refractivity contribution is 5.86. The molecule has 4 aromatic rings. The monoisotopic (exact) mass is 431 g/mol. The summed E-state index contributed by atoms with van der Waals surface area (Å²) < 4.78 is 4.39. The normalized spacial score (nSPS) is 18.3. The summed E-state index contributed by atoms with van der Waals surface area (Å²) in [5, 5.41) is 3.70. The number of nitrogens with zero attached hydrogens (tertiary/aromatic N) is 8. The van der Waals surface area contributed by atoms with E-state index in [4.69, 9.17) is 4.98 Å². The molecule has 0 unspecified atom stereocenters. The lowest BCUT2D eigenvalue weighted by atomic mass is 9.86. The molecule has 2 atom stereocenters. The molecular weight excluding hydrogens is 402 g/mol. The Morgan fingerprint density at radius 2 is 1.91 bits per heavy atom. The topological polar surface area (TPSA) is 99.2 Å². The van der Waals surface area contributed by atoms with Gasteiger partial charge < -0.3 is 14.5 Å². The maximum Gasteiger partial charge on any atom is 0.165 e. The Morgan fingerprint density at radius 3 is 2.62 bits per heavy atom. The van der Waals surface area contributed by atoms with Crippen LogP contribution in [0.15, 0.2) is 25.0 Å². The van der Waals surface area contributed by atoms with Crippen molar-refractivity contribution in [3.63, 3.8) is 0 Å². The fourth-order valence-corrected chi connectivity index (χ4v) is 4.69. The highest BCUT2D eigenvalue weighted by atomic mass is 15.2. The zero-order valence-corrected chi connectivity index (χ0v) is 19.2. The van der Waals surface area contributed by atoms with Gasteiger partial charge in [0.15, 0.2) is 17.0 Å². The van der Waals surface area contributed by atoms with Gasteiger partial charge in [0.1, 0.15) is 18.0 Å². The SMILES string of the molecule is CCn1c(-c2cnc(C)nc2)nc2c(N[C@H]3CCc4ncn(C(C)C)c4[C@H]3C)ncnc21. The number of hydrogen-bond donors (Lipinski definition) is 1. The third-order valence-corrected chi connectivity index (χ3v) is 6.40. The molecule has 0 spiro atoms. The molecule has 0 saturated carbocycles. The molecular formula is C23H29N9. The lowest BCUT2D eigenvalue weighted by Crippen LogP contribution is -2.32. The van der Waals surface area contributed by atoms with Crippen molar-refractivity contribution >= 4 is 17.0 Å². The Bertz CT molecular complexity index is 1250. The molecule has 0 radical (unpaired) electrons. The van der Waals surface area contributed by atoms with E-state index in [1.54, 1.807) is 6.33 Å². The Labute approximate surface area is 187 Å². The molecule has 0 bridgehead atoms. The number of anilines is 1. The molecule has 5 rings (SSSR count). The van der Waals surface area contributed by atoms with Crippen LogP contribution in [0.5, 0.6) is 0 Å². The molecule has 32 heavy (non-hydrogen) atoms. The van der Waals surface area contributed by atoms with E-state index in [9.17, 15) is 0 Å². The minimum absolute atomic E-state index is 0.243. The second kappa shape index (κ2) is 7.96. The van der Waals surface area contributed by atoms with Crippen LogP contribution in [0.3, 0.4) is 0 Å². The van der Waals surface area contributed by atoms with Crippen LogP contribution in [0.1, 0.15) is 63.3 Å². The van der Waals surface area contributed by atoms with Crippen molar-refractivity contribution in [1.82, 2.24) is 39.0 Å². The van der Waals surface area contributed by atoms with E-state index in [1.807, 2.05) is 25.6 Å². The summed E-state index contributed by atoms with van der Waals surface area (Å²) in [6.45, 7) is 11.4. The van der Waals surface area contributed by atoms with Crippen molar-refractivity contribution in [2.75, 3.05) is 5.32 Å². The van der Waals surface area contributed by atoms with E-state index in [0.717, 1.165) is 53.6 Å². The van der Waals surface area contributed by atoms with Crippen LogP contribution in [0.4, 0.5) is 5.82 Å². The minimum Gasteiger partial charge on any atom is -0.365 e. The van der Waals surface area contributed by atoms with Crippen molar-refractivity contribution in [3.8, 4) is 11.4 Å². The van der Waals surface area contributed by atoms with Crippen LogP contribution in [0.2, 0.25) is 0 Å². The molecule has 4 heterocycles. The fourth-order valence-electron chi connectivity index (χ4n) is 4.69. The molecule has 1 aliphatic carbocycles. The van der Waals surface area contributed by atoms with Crippen LogP contribution in [0, 0.1) is 6.92 Å². The lowest BCUT2D eigenvalue weighted by Gasteiger charge is -2.31. The fraction of sp³-hybridized carbons (Fsp3) is 0.478. The van der Waals surface area contributed by atoms with Crippen molar-refractivity contribution in [1.29, 1.82) is 0 Å². The number of imidazole rings is 2. The van der Waals surface area contributed by atoms with E-state index < -0.39 is 0 Å². The second-order valence-electron chi connectivity index (χ2n) is 8.75. The summed E-state index contributed by atoms with van der Waals surface area (Å²) in [6.07, 6.45) is 9.19.